The zero-order chi connectivity index (χ0) is 23.3. The first kappa shape index (κ1) is 23.3. The largest absolute Gasteiger partial charge is 0.497 e. The van der Waals surface area contributed by atoms with Crippen LogP contribution in [0.1, 0.15) is 40.9 Å². The number of aryl methyl sites for hydroxylation is 1. The molecule has 1 amide bonds. The van der Waals surface area contributed by atoms with Gasteiger partial charge in [-0.3, -0.25) is 9.10 Å². The van der Waals surface area contributed by atoms with Crippen LogP contribution in [0.15, 0.2) is 77.7 Å². The quantitative estimate of drug-likeness (QED) is 0.537. The molecule has 0 heterocycles. The van der Waals surface area contributed by atoms with Crippen molar-refractivity contribution in [1.82, 2.24) is 5.32 Å². The third kappa shape index (κ3) is 5.11. The molecule has 6 nitrogen and oxygen atoms in total. The normalized spacial score (nSPS) is 12.1. The summed E-state index contributed by atoms with van der Waals surface area (Å²) in [4.78, 5) is 12.9. The summed E-state index contributed by atoms with van der Waals surface area (Å²) in [6.45, 7) is 4.05. The molecule has 0 radical (unpaired) electrons. The number of rotatable bonds is 8. The van der Waals surface area contributed by atoms with E-state index in [0.717, 1.165) is 12.0 Å². The molecule has 1 atom stereocenters. The second-order valence-electron chi connectivity index (χ2n) is 7.54. The Hall–Kier alpha value is -3.32. The molecule has 0 aromatic heterocycles. The molecule has 3 aromatic rings. The summed E-state index contributed by atoms with van der Waals surface area (Å²) in [6.07, 6.45) is 0.760. The van der Waals surface area contributed by atoms with Crippen LogP contribution in [0.25, 0.3) is 0 Å². The molecule has 0 aliphatic carbocycles. The zero-order valence-corrected chi connectivity index (χ0v) is 19.5. The van der Waals surface area contributed by atoms with Crippen molar-refractivity contribution in [2.75, 3.05) is 18.5 Å². The Morgan fingerprint density at radius 1 is 0.969 bits per heavy atom. The molecule has 0 unspecified atom stereocenters. The van der Waals surface area contributed by atoms with E-state index in [9.17, 15) is 13.2 Å². The molecule has 168 valence electrons. The Morgan fingerprint density at radius 3 is 2.09 bits per heavy atom. The molecule has 0 aliphatic heterocycles. The van der Waals surface area contributed by atoms with Gasteiger partial charge in [-0.15, -0.1) is 0 Å². The highest BCUT2D eigenvalue weighted by Gasteiger charge is 2.22. The summed E-state index contributed by atoms with van der Waals surface area (Å²) in [6, 6.07) is 20.7. The van der Waals surface area contributed by atoms with E-state index in [1.54, 1.807) is 36.4 Å². The third-order valence-corrected chi connectivity index (χ3v) is 7.20. The number of sulfonamides is 1. The van der Waals surface area contributed by atoms with E-state index >= 15 is 0 Å². The first-order valence-electron chi connectivity index (χ1n) is 10.4. The van der Waals surface area contributed by atoms with E-state index < -0.39 is 10.0 Å². The van der Waals surface area contributed by atoms with E-state index in [2.05, 4.69) is 5.32 Å². The van der Waals surface area contributed by atoms with Gasteiger partial charge in [0.15, 0.2) is 0 Å². The molecule has 0 bridgehead atoms. The van der Waals surface area contributed by atoms with E-state index in [-0.39, 0.29) is 16.8 Å². The summed E-state index contributed by atoms with van der Waals surface area (Å²) in [5, 5.41) is 3.05. The molecule has 0 fully saturated rings. The van der Waals surface area contributed by atoms with Crippen molar-refractivity contribution in [1.29, 1.82) is 0 Å². The van der Waals surface area contributed by atoms with Gasteiger partial charge in [-0.2, -0.15) is 0 Å². The van der Waals surface area contributed by atoms with Crippen molar-refractivity contribution in [3.63, 3.8) is 0 Å². The van der Waals surface area contributed by atoms with Gasteiger partial charge in [-0.05, 0) is 67.4 Å². The lowest BCUT2D eigenvalue weighted by atomic mass is 10.0. The van der Waals surface area contributed by atoms with Gasteiger partial charge in [0.2, 0.25) is 0 Å². The monoisotopic (exact) mass is 452 g/mol. The number of nitrogens with zero attached hydrogens (tertiary/aromatic N) is 1. The maximum absolute atomic E-state index is 12.9. The van der Waals surface area contributed by atoms with Crippen molar-refractivity contribution < 1.29 is 17.9 Å². The summed E-state index contributed by atoms with van der Waals surface area (Å²) >= 11 is 0. The Labute approximate surface area is 189 Å². The van der Waals surface area contributed by atoms with Crippen LogP contribution in [0.2, 0.25) is 0 Å². The minimum absolute atomic E-state index is 0.0964. The van der Waals surface area contributed by atoms with Crippen LogP contribution in [0.5, 0.6) is 5.75 Å². The van der Waals surface area contributed by atoms with Crippen molar-refractivity contribution >= 4 is 21.6 Å². The maximum Gasteiger partial charge on any atom is 0.264 e. The molecule has 0 saturated carbocycles. The number of carbonyl (C=O) groups is 1. The lowest BCUT2D eigenvalue weighted by Crippen LogP contribution is -2.28. The molecular formula is C25H28N2O4S. The minimum atomic E-state index is -3.74. The third-order valence-electron chi connectivity index (χ3n) is 5.40. The summed E-state index contributed by atoms with van der Waals surface area (Å²) in [5.74, 6) is 0.377. The predicted molar refractivity (Wildman–Crippen MR) is 127 cm³/mol. The van der Waals surface area contributed by atoms with Gasteiger partial charge < -0.3 is 10.1 Å². The van der Waals surface area contributed by atoms with Gasteiger partial charge in [0.05, 0.1) is 23.7 Å². The number of hydrogen-bond acceptors (Lipinski definition) is 4. The molecule has 0 spiro atoms. The highest BCUT2D eigenvalue weighted by Crippen LogP contribution is 2.24. The van der Waals surface area contributed by atoms with Gasteiger partial charge >= 0.3 is 0 Å². The molecule has 7 heteroatoms. The Morgan fingerprint density at radius 2 is 1.56 bits per heavy atom. The zero-order valence-electron chi connectivity index (χ0n) is 18.7. The molecule has 1 N–H and O–H groups in total. The molecular weight excluding hydrogens is 424 g/mol. The topological polar surface area (TPSA) is 75.7 Å². The molecule has 0 aliphatic rings. The fourth-order valence-corrected chi connectivity index (χ4v) is 4.52. The molecule has 3 aromatic carbocycles. The second-order valence-corrected chi connectivity index (χ2v) is 9.51. The average Bonchev–Trinajstić information content (AvgIpc) is 2.82. The number of ether oxygens (including phenoxy) is 1. The Kier molecular flexibility index (Phi) is 7.20. The molecule has 0 saturated heterocycles. The van der Waals surface area contributed by atoms with E-state index in [1.807, 2.05) is 38.1 Å². The molecule has 32 heavy (non-hydrogen) atoms. The van der Waals surface area contributed by atoms with Crippen LogP contribution >= 0.6 is 0 Å². The number of nitrogens with one attached hydrogen (secondary N) is 1. The van der Waals surface area contributed by atoms with Crippen LogP contribution in [0.3, 0.4) is 0 Å². The van der Waals surface area contributed by atoms with Crippen LogP contribution in [0, 0.1) is 6.92 Å². The van der Waals surface area contributed by atoms with Crippen molar-refractivity contribution in [2.45, 2.75) is 31.2 Å². The minimum Gasteiger partial charge on any atom is -0.497 e. The van der Waals surface area contributed by atoms with Gasteiger partial charge in [0, 0.05) is 12.6 Å². The number of hydrogen-bond donors (Lipinski definition) is 1. The lowest BCUT2D eigenvalue weighted by Gasteiger charge is -2.20. The molecule has 3 rings (SSSR count). The number of amides is 1. The van der Waals surface area contributed by atoms with Gasteiger partial charge in [0.1, 0.15) is 5.75 Å². The van der Waals surface area contributed by atoms with Crippen LogP contribution in [-0.2, 0) is 10.0 Å². The Balaban J connectivity index is 1.74. The fourth-order valence-electron chi connectivity index (χ4n) is 3.33. The highest BCUT2D eigenvalue weighted by molar-refractivity contribution is 7.92. The number of benzene rings is 3. The van der Waals surface area contributed by atoms with Crippen LogP contribution < -0.4 is 14.4 Å². The van der Waals surface area contributed by atoms with E-state index in [0.29, 0.717) is 17.0 Å². The summed E-state index contributed by atoms with van der Waals surface area (Å²) < 4.78 is 32.1. The number of anilines is 1. The first-order valence-corrected chi connectivity index (χ1v) is 11.8. The lowest BCUT2D eigenvalue weighted by molar-refractivity contribution is 0.0935. The first-order chi connectivity index (χ1) is 15.3. The van der Waals surface area contributed by atoms with Crippen LogP contribution in [0.4, 0.5) is 5.69 Å². The van der Waals surface area contributed by atoms with Crippen molar-refractivity contribution in [3.05, 3.63) is 89.5 Å². The Bertz CT molecular complexity index is 1160. The van der Waals surface area contributed by atoms with Gasteiger partial charge in [0.25, 0.3) is 15.9 Å². The number of methoxy groups -OCH3 is 1. The van der Waals surface area contributed by atoms with Gasteiger partial charge in [-0.1, -0.05) is 36.8 Å². The second kappa shape index (κ2) is 9.87. The van der Waals surface area contributed by atoms with Crippen LogP contribution in [-0.4, -0.2) is 28.5 Å². The maximum atomic E-state index is 12.9. The number of carbonyl (C=O) groups excluding carboxylic acids is 1. The average molecular weight is 453 g/mol. The van der Waals surface area contributed by atoms with E-state index in [1.165, 1.54) is 36.2 Å². The smallest absolute Gasteiger partial charge is 0.264 e. The summed E-state index contributed by atoms with van der Waals surface area (Å²) in [7, 11) is -0.726. The SMILES string of the molecule is CC[C@@H](NC(=O)c1ccc(N(C)S(=O)(=O)c2ccc(OC)cc2)cc1)c1ccc(C)cc1. The summed E-state index contributed by atoms with van der Waals surface area (Å²) in [5.41, 5.74) is 3.14. The predicted octanol–water partition coefficient (Wildman–Crippen LogP) is 4.71. The van der Waals surface area contributed by atoms with E-state index in [4.69, 9.17) is 4.74 Å². The standard InChI is InChI=1S/C25H28N2O4S/c1-5-24(19-8-6-18(2)7-9-19)26-25(28)20-10-12-21(13-11-20)27(3)32(29,30)23-16-14-22(31-4)15-17-23/h6-17,24H,5H2,1-4H3,(H,26,28)/t24-/m1/s1. The van der Waals surface area contributed by atoms with Crippen molar-refractivity contribution in [2.24, 2.45) is 0 Å². The fraction of sp³-hybridized carbons (Fsp3) is 0.240. The van der Waals surface area contributed by atoms with Crippen molar-refractivity contribution in [3.8, 4) is 5.75 Å². The van der Waals surface area contributed by atoms with Gasteiger partial charge in [-0.25, -0.2) is 8.42 Å². The highest BCUT2D eigenvalue weighted by atomic mass is 32.2.